The van der Waals surface area contributed by atoms with E-state index >= 15 is 0 Å². The van der Waals surface area contributed by atoms with Crippen LogP contribution in [0.1, 0.15) is 64.4 Å². The minimum atomic E-state index is -1.06. The number of ketones is 2. The quantitative estimate of drug-likeness (QED) is 0.287. The van der Waals surface area contributed by atoms with E-state index in [9.17, 15) is 29.4 Å². The van der Waals surface area contributed by atoms with Crippen LogP contribution in [0, 0.1) is 11.8 Å². The van der Waals surface area contributed by atoms with E-state index in [2.05, 4.69) is 0 Å². The summed E-state index contributed by atoms with van der Waals surface area (Å²) in [4.78, 5) is 50.8. The second kappa shape index (κ2) is 10.3. The summed E-state index contributed by atoms with van der Waals surface area (Å²) in [5.41, 5.74) is 2.73. The van der Waals surface area contributed by atoms with Crippen molar-refractivity contribution in [3.8, 4) is 0 Å². The second-order valence-electron chi connectivity index (χ2n) is 9.42. The summed E-state index contributed by atoms with van der Waals surface area (Å²) in [6.45, 7) is 0. The lowest BCUT2D eigenvalue weighted by Gasteiger charge is -2.51. The molecule has 0 saturated heterocycles. The van der Waals surface area contributed by atoms with Gasteiger partial charge in [-0.3, -0.25) is 9.59 Å². The Morgan fingerprint density at radius 3 is 1.03 bits per heavy atom. The first kappa shape index (κ1) is 24.8. The van der Waals surface area contributed by atoms with E-state index in [1.54, 1.807) is 72.8 Å². The number of rotatable bonds is 8. The van der Waals surface area contributed by atoms with Gasteiger partial charge in [0.25, 0.3) is 0 Å². The summed E-state index contributed by atoms with van der Waals surface area (Å²) in [6, 6.07) is 30.4. The molecule has 1 saturated carbocycles. The third-order valence-corrected chi connectivity index (χ3v) is 7.35. The minimum Gasteiger partial charge on any atom is -0.478 e. The van der Waals surface area contributed by atoms with E-state index in [1.165, 1.54) is 24.3 Å². The van der Waals surface area contributed by atoms with Gasteiger partial charge < -0.3 is 10.2 Å². The lowest BCUT2D eigenvalue weighted by Crippen LogP contribution is -2.51. The largest absolute Gasteiger partial charge is 0.478 e. The molecule has 1 aliphatic rings. The van der Waals surface area contributed by atoms with Crippen LogP contribution in [0.25, 0.3) is 0 Å². The van der Waals surface area contributed by atoms with Gasteiger partial charge in [0.2, 0.25) is 0 Å². The van der Waals surface area contributed by atoms with Crippen LogP contribution in [-0.4, -0.2) is 33.7 Å². The zero-order chi connectivity index (χ0) is 26.8. The first-order valence-corrected chi connectivity index (χ1v) is 12.2. The number of carbonyl (C=O) groups excluding carboxylic acids is 2. The van der Waals surface area contributed by atoms with Gasteiger partial charge in [-0.05, 0) is 35.4 Å². The van der Waals surface area contributed by atoms with Gasteiger partial charge in [-0.15, -0.1) is 0 Å². The van der Waals surface area contributed by atoms with Gasteiger partial charge in [0.05, 0.1) is 11.1 Å². The number of carboxylic acid groups (broad SMARTS) is 2. The van der Waals surface area contributed by atoms with Crippen molar-refractivity contribution in [2.24, 2.45) is 11.8 Å². The van der Waals surface area contributed by atoms with Gasteiger partial charge in [0, 0.05) is 34.8 Å². The van der Waals surface area contributed by atoms with E-state index in [0.717, 1.165) is 11.1 Å². The Bertz CT molecular complexity index is 1370. The van der Waals surface area contributed by atoms with Crippen molar-refractivity contribution in [2.75, 3.05) is 0 Å². The van der Waals surface area contributed by atoms with Crippen molar-refractivity contribution in [3.05, 3.63) is 143 Å². The highest BCUT2D eigenvalue weighted by Gasteiger charge is 2.57. The fourth-order valence-electron chi connectivity index (χ4n) is 5.52. The molecule has 2 N–H and O–H groups in total. The lowest BCUT2D eigenvalue weighted by atomic mass is 9.49. The molecule has 0 aliphatic heterocycles. The van der Waals surface area contributed by atoms with E-state index in [0.29, 0.717) is 11.1 Å². The van der Waals surface area contributed by atoms with Gasteiger partial charge in [-0.2, -0.15) is 0 Å². The van der Waals surface area contributed by atoms with E-state index < -0.39 is 35.6 Å². The maximum absolute atomic E-state index is 13.9. The summed E-state index contributed by atoms with van der Waals surface area (Å²) in [6.07, 6.45) is 0. The average Bonchev–Trinajstić information content (AvgIpc) is 2.94. The van der Waals surface area contributed by atoms with Crippen molar-refractivity contribution in [1.82, 2.24) is 0 Å². The highest BCUT2D eigenvalue weighted by atomic mass is 16.4. The van der Waals surface area contributed by atoms with Crippen molar-refractivity contribution in [2.45, 2.75) is 11.8 Å². The molecule has 0 aromatic heterocycles. The molecular weight excluding hydrogens is 480 g/mol. The molecule has 4 aromatic carbocycles. The first-order chi connectivity index (χ1) is 18.4. The smallest absolute Gasteiger partial charge is 0.335 e. The lowest BCUT2D eigenvalue weighted by molar-refractivity contribution is 0.0456. The maximum Gasteiger partial charge on any atom is 0.335 e. The Balaban J connectivity index is 1.65. The zero-order valence-electron chi connectivity index (χ0n) is 20.2. The maximum atomic E-state index is 13.9. The fourth-order valence-corrected chi connectivity index (χ4v) is 5.52. The molecule has 5 rings (SSSR count). The van der Waals surface area contributed by atoms with Crippen LogP contribution < -0.4 is 0 Å². The highest BCUT2D eigenvalue weighted by Crippen LogP contribution is 2.59. The molecule has 188 valence electrons. The molecule has 6 nitrogen and oxygen atoms in total. The molecule has 4 atom stereocenters. The molecule has 4 aromatic rings. The van der Waals surface area contributed by atoms with E-state index in [4.69, 9.17) is 0 Å². The van der Waals surface area contributed by atoms with Gasteiger partial charge in [-0.1, -0.05) is 84.9 Å². The molecule has 1 aliphatic carbocycles. The van der Waals surface area contributed by atoms with Gasteiger partial charge in [0.1, 0.15) is 0 Å². The zero-order valence-corrected chi connectivity index (χ0v) is 20.2. The number of hydrogen-bond acceptors (Lipinski definition) is 4. The normalized spacial score (nSPS) is 20.2. The third-order valence-electron chi connectivity index (χ3n) is 7.35. The molecule has 0 spiro atoms. The van der Waals surface area contributed by atoms with Crippen LogP contribution in [0.4, 0.5) is 0 Å². The topological polar surface area (TPSA) is 109 Å². The first-order valence-electron chi connectivity index (χ1n) is 12.2. The molecule has 6 heteroatoms. The van der Waals surface area contributed by atoms with Crippen LogP contribution in [-0.2, 0) is 0 Å². The number of aromatic carboxylic acids is 2. The standard InChI is InChI=1S/C32H24O6/c33-29(21-7-3-1-4-8-21)27-25(19-11-15-23(16-12-19)31(35)36)26(20-13-17-24(18-14-20)32(37)38)28(27)30(34)22-9-5-2-6-10-22/h1-18,25-28H,(H,35,36)(H,37,38)/t25-,26+,27?,28?. The van der Waals surface area contributed by atoms with Gasteiger partial charge in [-0.25, -0.2) is 9.59 Å². The Kier molecular flexibility index (Phi) is 6.71. The van der Waals surface area contributed by atoms with Crippen LogP contribution in [0.5, 0.6) is 0 Å². The highest BCUT2D eigenvalue weighted by molar-refractivity contribution is 6.07. The number of carbonyl (C=O) groups is 4. The molecular formula is C32H24O6. The number of benzene rings is 4. The summed E-state index contributed by atoms with van der Waals surface area (Å²) in [5.74, 6) is -4.65. The number of Topliss-reactive ketones (excluding diaryl/α,β-unsaturated/α-hetero) is 2. The Labute approximate surface area is 219 Å². The Morgan fingerprint density at radius 2 is 0.737 bits per heavy atom. The van der Waals surface area contributed by atoms with Gasteiger partial charge >= 0.3 is 11.9 Å². The molecule has 0 amide bonds. The third kappa shape index (κ3) is 4.52. The SMILES string of the molecule is O=C(O)c1ccc([C@@H]2C(C(=O)c3ccccc3)C(C(=O)c3ccccc3)[C@@H]2c2ccc(C(=O)O)cc2)cc1. The number of hydrogen-bond donors (Lipinski definition) is 2. The second-order valence-corrected chi connectivity index (χ2v) is 9.42. The average molecular weight is 505 g/mol. The van der Waals surface area contributed by atoms with Crippen molar-refractivity contribution >= 4 is 23.5 Å². The van der Waals surface area contributed by atoms with E-state index in [1.807, 2.05) is 12.1 Å². The predicted octanol–water partition coefficient (Wildman–Crippen LogP) is 5.96. The van der Waals surface area contributed by atoms with Crippen molar-refractivity contribution in [1.29, 1.82) is 0 Å². The summed E-state index contributed by atoms with van der Waals surface area (Å²) < 4.78 is 0. The van der Waals surface area contributed by atoms with Crippen molar-refractivity contribution in [3.63, 3.8) is 0 Å². The van der Waals surface area contributed by atoms with Crippen molar-refractivity contribution < 1.29 is 29.4 Å². The van der Waals surface area contributed by atoms with Crippen LogP contribution in [0.3, 0.4) is 0 Å². The van der Waals surface area contributed by atoms with Gasteiger partial charge in [0.15, 0.2) is 11.6 Å². The van der Waals surface area contributed by atoms with Crippen LogP contribution in [0.15, 0.2) is 109 Å². The molecule has 1 fully saturated rings. The molecule has 2 unspecified atom stereocenters. The molecule has 0 radical (unpaired) electrons. The summed E-state index contributed by atoms with van der Waals surface area (Å²) in [7, 11) is 0. The number of carboxylic acids is 2. The Morgan fingerprint density at radius 1 is 0.421 bits per heavy atom. The van der Waals surface area contributed by atoms with Crippen LogP contribution in [0.2, 0.25) is 0 Å². The predicted molar refractivity (Wildman–Crippen MR) is 141 cm³/mol. The molecule has 0 bridgehead atoms. The summed E-state index contributed by atoms with van der Waals surface area (Å²) in [5, 5.41) is 18.7. The minimum absolute atomic E-state index is 0.123. The molecule has 0 heterocycles. The fraction of sp³-hybridized carbons (Fsp3) is 0.125. The summed E-state index contributed by atoms with van der Waals surface area (Å²) >= 11 is 0. The molecule has 38 heavy (non-hydrogen) atoms. The van der Waals surface area contributed by atoms with E-state index in [-0.39, 0.29) is 22.7 Å². The monoisotopic (exact) mass is 504 g/mol. The Hall–Kier alpha value is -4.84. The van der Waals surface area contributed by atoms with Crippen LogP contribution >= 0.6 is 0 Å².